The van der Waals surface area contributed by atoms with Gasteiger partial charge in [0.15, 0.2) is 0 Å². The summed E-state index contributed by atoms with van der Waals surface area (Å²) < 4.78 is 0. The number of fused-ring (bicyclic) bond motifs is 1. The molecule has 2 aliphatic heterocycles. The fourth-order valence-electron chi connectivity index (χ4n) is 3.29. The van der Waals surface area contributed by atoms with Crippen molar-refractivity contribution < 1.29 is 9.59 Å². The van der Waals surface area contributed by atoms with Crippen molar-refractivity contribution in [1.29, 1.82) is 0 Å². The minimum atomic E-state index is -0.413. The second-order valence-corrected chi connectivity index (χ2v) is 6.35. The minimum Gasteiger partial charge on any atom is -0.336 e. The molecular weight excluding hydrogens is 288 g/mol. The lowest BCUT2D eigenvalue weighted by molar-refractivity contribution is -0.141. The molecule has 0 saturated carbocycles. The van der Waals surface area contributed by atoms with Gasteiger partial charge in [-0.25, -0.2) is 0 Å². The number of hydrogen-bond acceptors (Lipinski definition) is 2. The number of nitrogens with zero attached hydrogens (tertiary/aromatic N) is 2. The lowest BCUT2D eigenvalue weighted by Gasteiger charge is -2.41. The maximum atomic E-state index is 12.8. The number of benzene rings is 1. The maximum absolute atomic E-state index is 12.8. The first-order chi connectivity index (χ1) is 9.99. The van der Waals surface area contributed by atoms with E-state index in [0.29, 0.717) is 17.1 Å². The molecule has 2 aliphatic rings. The van der Waals surface area contributed by atoms with E-state index in [1.807, 2.05) is 17.9 Å². The van der Waals surface area contributed by atoms with Gasteiger partial charge < -0.3 is 9.80 Å². The average molecular weight is 307 g/mol. The first kappa shape index (κ1) is 14.4. The van der Waals surface area contributed by atoms with Gasteiger partial charge in [0.25, 0.3) is 5.91 Å². The number of halogens is 1. The topological polar surface area (TPSA) is 40.6 Å². The predicted octanol–water partition coefficient (Wildman–Crippen LogP) is 2.48. The minimum absolute atomic E-state index is 0.0564. The molecule has 2 fully saturated rings. The Hall–Kier alpha value is -1.55. The van der Waals surface area contributed by atoms with Gasteiger partial charge in [-0.15, -0.1) is 0 Å². The molecule has 1 aromatic carbocycles. The Morgan fingerprint density at radius 3 is 2.90 bits per heavy atom. The molecule has 0 radical (unpaired) electrons. The third-order valence-corrected chi connectivity index (χ3v) is 4.84. The largest absolute Gasteiger partial charge is 0.336 e. The first-order valence-corrected chi connectivity index (χ1v) is 7.74. The molecule has 2 amide bonds. The van der Waals surface area contributed by atoms with Gasteiger partial charge in [-0.1, -0.05) is 23.2 Å². The number of aryl methyl sites for hydroxylation is 1. The molecule has 3 rings (SSSR count). The van der Waals surface area contributed by atoms with Gasteiger partial charge in [0.05, 0.1) is 10.6 Å². The molecule has 0 N–H and O–H groups in total. The van der Waals surface area contributed by atoms with Gasteiger partial charge in [-0.2, -0.15) is 0 Å². The van der Waals surface area contributed by atoms with E-state index in [2.05, 4.69) is 0 Å². The first-order valence-electron chi connectivity index (χ1n) is 7.36. The lowest BCUT2D eigenvalue weighted by Crippen LogP contribution is -2.60. The summed E-state index contributed by atoms with van der Waals surface area (Å²) in [5, 5.41) is 0.444. The third-order valence-electron chi connectivity index (χ3n) is 4.51. The molecular formula is C16H19ClN2O2. The highest BCUT2D eigenvalue weighted by Crippen LogP contribution is 2.28. The van der Waals surface area contributed by atoms with Crippen molar-refractivity contribution in [3.8, 4) is 0 Å². The van der Waals surface area contributed by atoms with Crippen molar-refractivity contribution in [2.45, 2.75) is 38.8 Å². The van der Waals surface area contributed by atoms with Crippen LogP contribution in [-0.2, 0) is 4.79 Å². The summed E-state index contributed by atoms with van der Waals surface area (Å²) in [5.41, 5.74) is 1.48. The molecule has 0 unspecified atom stereocenters. The van der Waals surface area contributed by atoms with Crippen LogP contribution in [0.1, 0.15) is 35.7 Å². The highest BCUT2D eigenvalue weighted by atomic mass is 35.5. The maximum Gasteiger partial charge on any atom is 0.256 e. The summed E-state index contributed by atoms with van der Waals surface area (Å²) in [4.78, 5) is 28.8. The van der Waals surface area contributed by atoms with Crippen molar-refractivity contribution in [1.82, 2.24) is 9.80 Å². The zero-order valence-electron chi connectivity index (χ0n) is 12.3. The van der Waals surface area contributed by atoms with Crippen LogP contribution in [0.5, 0.6) is 0 Å². The Balaban J connectivity index is 1.90. The summed E-state index contributed by atoms with van der Waals surface area (Å²) >= 11 is 6.16. The Morgan fingerprint density at radius 1 is 1.38 bits per heavy atom. The Morgan fingerprint density at radius 2 is 2.14 bits per heavy atom. The fourth-order valence-corrected chi connectivity index (χ4v) is 3.49. The molecule has 0 aliphatic carbocycles. The number of rotatable bonds is 1. The van der Waals surface area contributed by atoms with Gasteiger partial charge >= 0.3 is 0 Å². The Labute approximate surface area is 129 Å². The molecule has 21 heavy (non-hydrogen) atoms. The molecule has 4 nitrogen and oxygen atoms in total. The Bertz CT molecular complexity index is 602. The number of carbonyl (C=O) groups is 2. The standard InChI is InChI=1S/C16H19ClN2O2/c1-10-5-6-14(17)13(8-10)16(21)19-9-12-4-3-7-18(12)15(20)11(19)2/h5-6,8,11-12H,3-4,7,9H2,1-2H3/t11-,12+/m1/s1. The van der Waals surface area contributed by atoms with Crippen molar-refractivity contribution in [2.24, 2.45) is 0 Å². The van der Waals surface area contributed by atoms with Crippen molar-refractivity contribution in [3.05, 3.63) is 34.3 Å². The normalized spacial score (nSPS) is 25.2. The van der Waals surface area contributed by atoms with Crippen LogP contribution >= 0.6 is 11.6 Å². The highest BCUT2D eigenvalue weighted by molar-refractivity contribution is 6.33. The summed E-state index contributed by atoms with van der Waals surface area (Å²) in [6, 6.07) is 5.16. The van der Waals surface area contributed by atoms with E-state index in [0.717, 1.165) is 24.9 Å². The van der Waals surface area contributed by atoms with Gasteiger partial charge in [0, 0.05) is 19.1 Å². The fraction of sp³-hybridized carbons (Fsp3) is 0.500. The van der Waals surface area contributed by atoms with Crippen LogP contribution in [0.25, 0.3) is 0 Å². The molecule has 0 aromatic heterocycles. The lowest BCUT2D eigenvalue weighted by atomic mass is 10.0. The van der Waals surface area contributed by atoms with Crippen LogP contribution in [0.4, 0.5) is 0 Å². The SMILES string of the molecule is Cc1ccc(Cl)c(C(=O)N2C[C@@H]3CCCN3C(=O)[C@H]2C)c1. The summed E-state index contributed by atoms with van der Waals surface area (Å²) in [7, 11) is 0. The molecule has 5 heteroatoms. The predicted molar refractivity (Wildman–Crippen MR) is 81.4 cm³/mol. The third kappa shape index (κ3) is 2.42. The molecule has 2 saturated heterocycles. The second-order valence-electron chi connectivity index (χ2n) is 5.94. The Kier molecular flexibility index (Phi) is 3.66. The van der Waals surface area contributed by atoms with Gasteiger partial charge in [-0.05, 0) is 38.8 Å². The van der Waals surface area contributed by atoms with Crippen LogP contribution in [-0.4, -0.2) is 46.8 Å². The molecule has 0 spiro atoms. The van der Waals surface area contributed by atoms with Crippen LogP contribution in [0.2, 0.25) is 5.02 Å². The van der Waals surface area contributed by atoms with E-state index >= 15 is 0 Å². The van der Waals surface area contributed by atoms with Gasteiger partial charge in [-0.3, -0.25) is 9.59 Å². The van der Waals surface area contributed by atoms with Crippen LogP contribution in [0.3, 0.4) is 0 Å². The van der Waals surface area contributed by atoms with E-state index < -0.39 is 6.04 Å². The number of carbonyl (C=O) groups excluding carboxylic acids is 2. The highest BCUT2D eigenvalue weighted by Gasteiger charge is 2.42. The number of amides is 2. The van der Waals surface area contributed by atoms with Gasteiger partial charge in [0.1, 0.15) is 6.04 Å². The monoisotopic (exact) mass is 306 g/mol. The van der Waals surface area contributed by atoms with Crippen LogP contribution < -0.4 is 0 Å². The molecule has 2 heterocycles. The molecule has 2 atom stereocenters. The van der Waals surface area contributed by atoms with Crippen molar-refractivity contribution >= 4 is 23.4 Å². The van der Waals surface area contributed by atoms with E-state index in [1.165, 1.54) is 0 Å². The van der Waals surface area contributed by atoms with E-state index in [1.54, 1.807) is 24.0 Å². The van der Waals surface area contributed by atoms with E-state index in [9.17, 15) is 9.59 Å². The van der Waals surface area contributed by atoms with Crippen molar-refractivity contribution in [2.75, 3.05) is 13.1 Å². The zero-order chi connectivity index (χ0) is 15.1. The second kappa shape index (κ2) is 5.34. The summed E-state index contributed by atoms with van der Waals surface area (Å²) in [6.45, 7) is 5.16. The number of piperazine rings is 1. The quantitative estimate of drug-likeness (QED) is 0.800. The van der Waals surface area contributed by atoms with Crippen LogP contribution in [0.15, 0.2) is 18.2 Å². The van der Waals surface area contributed by atoms with Gasteiger partial charge in [0.2, 0.25) is 5.91 Å². The zero-order valence-corrected chi connectivity index (χ0v) is 13.1. The van der Waals surface area contributed by atoms with E-state index in [4.69, 9.17) is 11.6 Å². The summed E-state index contributed by atoms with van der Waals surface area (Å²) in [6.07, 6.45) is 2.00. The molecule has 1 aromatic rings. The summed E-state index contributed by atoms with van der Waals surface area (Å²) in [5.74, 6) is -0.0861. The molecule has 112 valence electrons. The van der Waals surface area contributed by atoms with Crippen molar-refractivity contribution in [3.63, 3.8) is 0 Å². The average Bonchev–Trinajstić information content (AvgIpc) is 2.93. The van der Waals surface area contributed by atoms with Crippen LogP contribution in [0, 0.1) is 6.92 Å². The number of hydrogen-bond donors (Lipinski definition) is 0. The smallest absolute Gasteiger partial charge is 0.256 e. The van der Waals surface area contributed by atoms with E-state index in [-0.39, 0.29) is 17.9 Å². The molecule has 0 bridgehead atoms.